The summed E-state index contributed by atoms with van der Waals surface area (Å²) in [6.45, 7) is 0. The quantitative estimate of drug-likeness (QED) is 0.182. The normalized spacial score (nSPS) is 11.3. The summed E-state index contributed by atoms with van der Waals surface area (Å²) in [5.41, 5.74) is 10.6. The van der Waals surface area contributed by atoms with Crippen LogP contribution in [0.1, 0.15) is 0 Å². The van der Waals surface area contributed by atoms with Gasteiger partial charge in [-0.15, -0.1) is 0 Å². The van der Waals surface area contributed by atoms with E-state index < -0.39 is 0 Å². The highest BCUT2D eigenvalue weighted by atomic mass is 14.7. The predicted molar refractivity (Wildman–Crippen MR) is 200 cm³/mol. The Morgan fingerprint density at radius 2 is 0.729 bits per heavy atom. The molecule has 0 saturated heterocycles. The lowest BCUT2D eigenvalue weighted by Crippen LogP contribution is -1.94. The van der Waals surface area contributed by atoms with Crippen LogP contribution < -0.4 is 0 Å². The summed E-state index contributed by atoms with van der Waals surface area (Å²) in [4.78, 5) is 13.8. The van der Waals surface area contributed by atoms with Crippen LogP contribution in [0.5, 0.6) is 0 Å². The molecular formula is C45H29N3. The van der Waals surface area contributed by atoms with Crippen LogP contribution in [0, 0.1) is 0 Å². The van der Waals surface area contributed by atoms with Crippen LogP contribution in [0.4, 0.5) is 0 Å². The van der Waals surface area contributed by atoms with Gasteiger partial charge in [0.05, 0.1) is 11.4 Å². The lowest BCUT2D eigenvalue weighted by molar-refractivity contribution is 1.26. The van der Waals surface area contributed by atoms with Gasteiger partial charge in [-0.2, -0.15) is 0 Å². The molecule has 0 saturated carbocycles. The first-order valence-electron chi connectivity index (χ1n) is 16.2. The molecule has 0 aliphatic carbocycles. The van der Waals surface area contributed by atoms with Gasteiger partial charge in [-0.25, -0.2) is 4.98 Å². The molecule has 0 amide bonds. The molecule has 0 aliphatic rings. The Kier molecular flexibility index (Phi) is 6.80. The molecule has 0 bridgehead atoms. The third-order valence-corrected chi connectivity index (χ3v) is 9.25. The van der Waals surface area contributed by atoms with E-state index >= 15 is 0 Å². The van der Waals surface area contributed by atoms with Crippen LogP contribution in [0.15, 0.2) is 176 Å². The van der Waals surface area contributed by atoms with Gasteiger partial charge in [-0.1, -0.05) is 109 Å². The van der Waals surface area contributed by atoms with Crippen molar-refractivity contribution in [3.05, 3.63) is 176 Å². The summed E-state index contributed by atoms with van der Waals surface area (Å²) in [5, 5.41) is 7.66. The summed E-state index contributed by atoms with van der Waals surface area (Å²) in [7, 11) is 0. The van der Waals surface area contributed by atoms with Crippen molar-refractivity contribution in [2.45, 2.75) is 0 Å². The molecule has 9 rings (SSSR count). The lowest BCUT2D eigenvalue weighted by Gasteiger charge is -2.17. The van der Waals surface area contributed by atoms with E-state index in [-0.39, 0.29) is 0 Å². The van der Waals surface area contributed by atoms with E-state index in [9.17, 15) is 0 Å². The van der Waals surface area contributed by atoms with Crippen molar-refractivity contribution in [2.24, 2.45) is 0 Å². The number of fused-ring (bicyclic) bond motifs is 6. The van der Waals surface area contributed by atoms with Crippen molar-refractivity contribution < 1.29 is 0 Å². The minimum atomic E-state index is 0.871. The minimum absolute atomic E-state index is 0.871. The molecule has 48 heavy (non-hydrogen) atoms. The molecule has 3 aromatic heterocycles. The molecule has 0 N–H and O–H groups in total. The van der Waals surface area contributed by atoms with Gasteiger partial charge in [-0.05, 0) is 108 Å². The average molecular weight is 612 g/mol. The fourth-order valence-electron chi connectivity index (χ4n) is 7.02. The summed E-state index contributed by atoms with van der Waals surface area (Å²) in [6.07, 6.45) is 7.32. The van der Waals surface area contributed by atoms with Crippen molar-refractivity contribution in [3.63, 3.8) is 0 Å². The highest BCUT2D eigenvalue weighted by Crippen LogP contribution is 2.42. The molecule has 224 valence electrons. The van der Waals surface area contributed by atoms with Gasteiger partial charge < -0.3 is 0 Å². The minimum Gasteiger partial charge on any atom is -0.264 e. The number of nitrogens with zero attached hydrogens (tertiary/aromatic N) is 3. The summed E-state index contributed by atoms with van der Waals surface area (Å²) in [6, 6.07) is 54.2. The van der Waals surface area contributed by atoms with Crippen LogP contribution in [-0.4, -0.2) is 15.0 Å². The predicted octanol–water partition coefficient (Wildman–Crippen LogP) is 11.7. The largest absolute Gasteiger partial charge is 0.264 e. The van der Waals surface area contributed by atoms with Crippen LogP contribution in [0.25, 0.3) is 88.2 Å². The first kappa shape index (κ1) is 27.8. The Bertz CT molecular complexity index is 2520. The highest BCUT2D eigenvalue weighted by Gasteiger charge is 2.16. The standard InChI is InChI=1S/C45H29N3/c1-3-15-36(34(13-1)30-21-22-42-40-19-6-5-17-38(40)39-18-7-8-20-41(39)43(42)25-30)37-16-4-2-14-35(37)33-26-44(31-11-9-23-46-28-31)48-45(27-33)32-12-10-24-47-29-32/h1-29H. The van der Waals surface area contributed by atoms with Gasteiger partial charge >= 0.3 is 0 Å². The fourth-order valence-corrected chi connectivity index (χ4v) is 7.02. The molecule has 0 spiro atoms. The molecule has 0 aliphatic heterocycles. The van der Waals surface area contributed by atoms with Gasteiger partial charge in [0, 0.05) is 35.9 Å². The zero-order valence-electron chi connectivity index (χ0n) is 26.1. The molecule has 0 unspecified atom stereocenters. The first-order chi connectivity index (χ1) is 23.8. The van der Waals surface area contributed by atoms with Gasteiger partial charge in [0.1, 0.15) is 0 Å². The average Bonchev–Trinajstić information content (AvgIpc) is 3.18. The second-order valence-electron chi connectivity index (χ2n) is 12.1. The molecule has 6 aromatic carbocycles. The van der Waals surface area contributed by atoms with Gasteiger partial charge in [0.25, 0.3) is 0 Å². The van der Waals surface area contributed by atoms with Crippen molar-refractivity contribution in [3.8, 4) is 55.9 Å². The number of benzene rings is 6. The third-order valence-electron chi connectivity index (χ3n) is 9.25. The number of rotatable bonds is 5. The molecule has 3 heterocycles. The Morgan fingerprint density at radius 3 is 1.23 bits per heavy atom. The number of hydrogen-bond donors (Lipinski definition) is 0. The molecule has 9 aromatic rings. The monoisotopic (exact) mass is 611 g/mol. The third kappa shape index (κ3) is 4.81. The van der Waals surface area contributed by atoms with Gasteiger partial charge in [-0.3, -0.25) is 9.97 Å². The lowest BCUT2D eigenvalue weighted by atomic mass is 9.87. The fraction of sp³-hybridized carbons (Fsp3) is 0. The smallest absolute Gasteiger partial charge is 0.0731 e. The Balaban J connectivity index is 1.25. The number of pyridine rings is 3. The molecule has 0 radical (unpaired) electrons. The van der Waals surface area contributed by atoms with Crippen molar-refractivity contribution in [1.82, 2.24) is 15.0 Å². The van der Waals surface area contributed by atoms with E-state index in [0.29, 0.717) is 0 Å². The number of hydrogen-bond acceptors (Lipinski definition) is 3. The molecule has 3 nitrogen and oxygen atoms in total. The van der Waals surface area contributed by atoms with Crippen molar-refractivity contribution in [1.29, 1.82) is 0 Å². The van der Waals surface area contributed by atoms with E-state index in [1.54, 1.807) is 12.4 Å². The molecular weight excluding hydrogens is 583 g/mol. The van der Waals surface area contributed by atoms with Crippen LogP contribution >= 0.6 is 0 Å². The summed E-state index contributed by atoms with van der Waals surface area (Å²) >= 11 is 0. The zero-order valence-corrected chi connectivity index (χ0v) is 26.1. The van der Waals surface area contributed by atoms with Gasteiger partial charge in [0.2, 0.25) is 0 Å². The zero-order chi connectivity index (χ0) is 31.9. The van der Waals surface area contributed by atoms with Gasteiger partial charge in [0.15, 0.2) is 0 Å². The Hall–Kier alpha value is -6.45. The maximum Gasteiger partial charge on any atom is 0.0731 e. The van der Waals surface area contributed by atoms with E-state index in [0.717, 1.165) is 39.2 Å². The Morgan fingerprint density at radius 1 is 0.292 bits per heavy atom. The van der Waals surface area contributed by atoms with E-state index in [1.807, 2.05) is 24.5 Å². The SMILES string of the molecule is c1cncc(-c2cc(-c3ccccc3-c3ccccc3-c3ccc4c5ccccc5c5ccccc5c4c3)cc(-c3cccnc3)n2)c1. The Labute approximate surface area is 278 Å². The van der Waals surface area contributed by atoms with E-state index in [2.05, 4.69) is 149 Å². The summed E-state index contributed by atoms with van der Waals surface area (Å²) in [5.74, 6) is 0. The van der Waals surface area contributed by atoms with Crippen LogP contribution in [-0.2, 0) is 0 Å². The van der Waals surface area contributed by atoms with Crippen LogP contribution in [0.3, 0.4) is 0 Å². The molecule has 0 fully saturated rings. The first-order valence-corrected chi connectivity index (χ1v) is 16.2. The maximum atomic E-state index is 5.06. The van der Waals surface area contributed by atoms with E-state index in [4.69, 9.17) is 4.98 Å². The molecule has 3 heteroatoms. The van der Waals surface area contributed by atoms with Crippen LogP contribution in [0.2, 0.25) is 0 Å². The van der Waals surface area contributed by atoms with Crippen molar-refractivity contribution in [2.75, 3.05) is 0 Å². The second kappa shape index (κ2) is 11.7. The highest BCUT2D eigenvalue weighted by molar-refractivity contribution is 6.25. The van der Waals surface area contributed by atoms with E-state index in [1.165, 1.54) is 49.0 Å². The number of aromatic nitrogens is 3. The second-order valence-corrected chi connectivity index (χ2v) is 12.1. The maximum absolute atomic E-state index is 5.06. The van der Waals surface area contributed by atoms with Crippen molar-refractivity contribution >= 4 is 32.3 Å². The topological polar surface area (TPSA) is 38.7 Å². The molecule has 0 atom stereocenters. The summed E-state index contributed by atoms with van der Waals surface area (Å²) < 4.78 is 0.